The van der Waals surface area contributed by atoms with E-state index in [0.29, 0.717) is 13.0 Å². The van der Waals surface area contributed by atoms with Crippen LogP contribution in [0.4, 0.5) is 0 Å². The van der Waals surface area contributed by atoms with E-state index in [1.807, 2.05) is 13.8 Å². The van der Waals surface area contributed by atoms with Gasteiger partial charge in [-0.15, -0.1) is 0 Å². The molecule has 0 saturated heterocycles. The van der Waals surface area contributed by atoms with Gasteiger partial charge in [0.05, 0.1) is 22.0 Å². The summed E-state index contributed by atoms with van der Waals surface area (Å²) in [5, 5.41) is 0. The minimum Gasteiger partial charge on any atom is -0.462 e. The Morgan fingerprint density at radius 2 is 1.73 bits per heavy atom. The molecule has 0 aliphatic rings. The van der Waals surface area contributed by atoms with Gasteiger partial charge in [0.2, 0.25) is 9.84 Å². The highest BCUT2D eigenvalue weighted by Gasteiger charge is 2.19. The third kappa shape index (κ3) is 3.54. The first kappa shape index (κ1) is 16.2. The monoisotopic (exact) mass is 318 g/mol. The molecule has 0 aliphatic carbocycles. The minimum absolute atomic E-state index is 0.0855. The fourth-order valence-electron chi connectivity index (χ4n) is 1.92. The quantitative estimate of drug-likeness (QED) is 0.793. The van der Waals surface area contributed by atoms with E-state index in [1.165, 1.54) is 12.1 Å². The molecule has 0 aromatic heterocycles. The highest BCUT2D eigenvalue weighted by atomic mass is 32.2. The van der Waals surface area contributed by atoms with Gasteiger partial charge in [-0.25, -0.2) is 13.2 Å². The maximum Gasteiger partial charge on any atom is 0.338 e. The number of esters is 1. The molecule has 4 nitrogen and oxygen atoms in total. The third-order valence-corrected chi connectivity index (χ3v) is 4.92. The highest BCUT2D eigenvalue weighted by Crippen LogP contribution is 2.22. The second-order valence-corrected chi connectivity index (χ2v) is 6.93. The van der Waals surface area contributed by atoms with Crippen molar-refractivity contribution < 1.29 is 17.9 Å². The maximum absolute atomic E-state index is 12.6. The molecule has 116 valence electrons. The van der Waals surface area contributed by atoms with Crippen LogP contribution < -0.4 is 0 Å². The van der Waals surface area contributed by atoms with Gasteiger partial charge >= 0.3 is 5.97 Å². The second-order valence-electron chi connectivity index (χ2n) is 4.98. The van der Waals surface area contributed by atoms with Gasteiger partial charge < -0.3 is 4.74 Å². The number of hydrogen-bond donors (Lipinski definition) is 0. The van der Waals surface area contributed by atoms with Crippen LogP contribution in [0.15, 0.2) is 58.3 Å². The van der Waals surface area contributed by atoms with Gasteiger partial charge in [-0.1, -0.05) is 30.7 Å². The van der Waals surface area contributed by atoms with Crippen molar-refractivity contribution in [3.63, 3.8) is 0 Å². The fourth-order valence-corrected chi connectivity index (χ4v) is 3.23. The van der Waals surface area contributed by atoms with Crippen LogP contribution in [0.1, 0.15) is 29.3 Å². The lowest BCUT2D eigenvalue weighted by molar-refractivity contribution is 0.0505. The topological polar surface area (TPSA) is 60.4 Å². The van der Waals surface area contributed by atoms with Crippen LogP contribution in [0.5, 0.6) is 0 Å². The molecule has 0 radical (unpaired) electrons. The van der Waals surface area contributed by atoms with Gasteiger partial charge in [0.25, 0.3) is 0 Å². The molecule has 0 unspecified atom stereocenters. The van der Waals surface area contributed by atoms with Crippen LogP contribution in [0.3, 0.4) is 0 Å². The van der Waals surface area contributed by atoms with Crippen LogP contribution >= 0.6 is 0 Å². The summed E-state index contributed by atoms with van der Waals surface area (Å²) in [5.41, 5.74) is 1.22. The summed E-state index contributed by atoms with van der Waals surface area (Å²) < 4.78 is 30.2. The number of carbonyl (C=O) groups is 1. The third-order valence-electron chi connectivity index (χ3n) is 3.15. The van der Waals surface area contributed by atoms with Crippen LogP contribution in [-0.2, 0) is 14.6 Å². The van der Waals surface area contributed by atoms with Crippen molar-refractivity contribution in [3.8, 4) is 0 Å². The van der Waals surface area contributed by atoms with Gasteiger partial charge in [-0.05, 0) is 43.7 Å². The molecule has 0 atom stereocenters. The number of sulfone groups is 1. The average Bonchev–Trinajstić information content (AvgIpc) is 2.53. The van der Waals surface area contributed by atoms with Gasteiger partial charge in [0.15, 0.2) is 0 Å². The summed E-state index contributed by atoms with van der Waals surface area (Å²) in [5.74, 6) is -0.511. The maximum atomic E-state index is 12.6. The average molecular weight is 318 g/mol. The van der Waals surface area contributed by atoms with E-state index >= 15 is 0 Å². The molecule has 0 heterocycles. The Labute approximate surface area is 130 Å². The molecule has 0 fully saturated rings. The van der Waals surface area contributed by atoms with Gasteiger partial charge in [0, 0.05) is 0 Å². The number of ether oxygens (including phenoxy) is 1. The zero-order valence-electron chi connectivity index (χ0n) is 12.6. The molecule has 5 heteroatoms. The Balaban J connectivity index is 2.36. The molecular weight excluding hydrogens is 300 g/mol. The Bertz CT molecular complexity index is 762. The summed E-state index contributed by atoms with van der Waals surface area (Å²) in [6.07, 6.45) is 0.715. The molecule has 0 saturated carbocycles. The van der Waals surface area contributed by atoms with Crippen LogP contribution in [0.2, 0.25) is 0 Å². The lowest BCUT2D eigenvalue weighted by Gasteiger charge is -2.07. The van der Waals surface area contributed by atoms with Gasteiger partial charge in [-0.3, -0.25) is 0 Å². The van der Waals surface area contributed by atoms with Crippen molar-refractivity contribution in [1.82, 2.24) is 0 Å². The Morgan fingerprint density at radius 1 is 1.05 bits per heavy atom. The Kier molecular flexibility index (Phi) is 4.98. The number of carbonyl (C=O) groups excluding carboxylic acids is 1. The zero-order valence-corrected chi connectivity index (χ0v) is 13.4. The molecule has 2 aromatic rings. The molecular formula is C17H18O4S. The summed E-state index contributed by atoms with van der Waals surface area (Å²) in [4.78, 5) is 12.1. The summed E-state index contributed by atoms with van der Waals surface area (Å²) in [6, 6.07) is 12.5. The van der Waals surface area contributed by atoms with Crippen molar-refractivity contribution in [2.24, 2.45) is 0 Å². The molecule has 0 bridgehead atoms. The van der Waals surface area contributed by atoms with Crippen molar-refractivity contribution in [2.75, 3.05) is 6.61 Å². The predicted octanol–water partition coefficient (Wildman–Crippen LogP) is 3.39. The fraction of sp³-hybridized carbons (Fsp3) is 0.235. The molecule has 0 N–H and O–H groups in total. The highest BCUT2D eigenvalue weighted by molar-refractivity contribution is 7.91. The zero-order chi connectivity index (χ0) is 16.2. The van der Waals surface area contributed by atoms with E-state index in [4.69, 9.17) is 4.74 Å². The summed E-state index contributed by atoms with van der Waals surface area (Å²) >= 11 is 0. The van der Waals surface area contributed by atoms with Crippen LogP contribution in [0.25, 0.3) is 0 Å². The van der Waals surface area contributed by atoms with Gasteiger partial charge in [-0.2, -0.15) is 0 Å². The van der Waals surface area contributed by atoms with E-state index in [0.717, 1.165) is 5.56 Å². The van der Waals surface area contributed by atoms with E-state index in [2.05, 4.69) is 0 Å². The smallest absolute Gasteiger partial charge is 0.338 e. The van der Waals surface area contributed by atoms with Crippen LogP contribution in [-0.4, -0.2) is 21.0 Å². The number of rotatable bonds is 5. The summed E-state index contributed by atoms with van der Waals surface area (Å²) in [7, 11) is -3.64. The van der Waals surface area contributed by atoms with Crippen molar-refractivity contribution >= 4 is 15.8 Å². The van der Waals surface area contributed by atoms with Crippen molar-refractivity contribution in [3.05, 3.63) is 59.7 Å². The SMILES string of the molecule is CCCOC(=O)c1cccc(S(=O)(=O)c2ccc(C)cc2)c1. The standard InChI is InChI=1S/C17H18O4S/c1-3-11-21-17(18)14-5-4-6-16(12-14)22(19,20)15-9-7-13(2)8-10-15/h4-10,12H,3,11H2,1-2H3. The number of aryl methyl sites for hydroxylation is 1. The minimum atomic E-state index is -3.64. The first-order chi connectivity index (χ1) is 10.4. The second kappa shape index (κ2) is 6.75. The number of hydrogen-bond acceptors (Lipinski definition) is 4. The lowest BCUT2D eigenvalue weighted by Crippen LogP contribution is -2.08. The molecule has 22 heavy (non-hydrogen) atoms. The van der Waals surface area contributed by atoms with Crippen LogP contribution in [0, 0.1) is 6.92 Å². The largest absolute Gasteiger partial charge is 0.462 e. The van der Waals surface area contributed by atoms with E-state index < -0.39 is 15.8 Å². The van der Waals surface area contributed by atoms with E-state index in [-0.39, 0.29) is 15.4 Å². The normalized spacial score (nSPS) is 11.2. The Morgan fingerprint density at radius 3 is 2.36 bits per heavy atom. The van der Waals surface area contributed by atoms with Crippen molar-refractivity contribution in [2.45, 2.75) is 30.1 Å². The van der Waals surface area contributed by atoms with E-state index in [1.54, 1.807) is 36.4 Å². The first-order valence-corrected chi connectivity index (χ1v) is 8.52. The van der Waals surface area contributed by atoms with E-state index in [9.17, 15) is 13.2 Å². The molecule has 2 rings (SSSR count). The van der Waals surface area contributed by atoms with Crippen molar-refractivity contribution in [1.29, 1.82) is 0 Å². The summed E-state index contributed by atoms with van der Waals surface area (Å²) in [6.45, 7) is 4.10. The molecule has 0 amide bonds. The molecule has 2 aromatic carbocycles. The molecule has 0 spiro atoms. The number of benzene rings is 2. The van der Waals surface area contributed by atoms with Gasteiger partial charge in [0.1, 0.15) is 0 Å². The first-order valence-electron chi connectivity index (χ1n) is 7.04. The lowest BCUT2D eigenvalue weighted by atomic mass is 10.2. The molecule has 0 aliphatic heterocycles. The Hall–Kier alpha value is -2.14. The predicted molar refractivity (Wildman–Crippen MR) is 83.6 cm³/mol.